The first-order chi connectivity index (χ1) is 9.29. The molecule has 1 aromatic carbocycles. The van der Waals surface area contributed by atoms with Crippen molar-refractivity contribution in [2.75, 3.05) is 0 Å². The Kier molecular flexibility index (Phi) is 2.70. The second-order valence-corrected chi connectivity index (χ2v) is 4.37. The van der Waals surface area contributed by atoms with Crippen molar-refractivity contribution in [2.45, 2.75) is 6.42 Å². The van der Waals surface area contributed by atoms with Crippen LogP contribution in [0.2, 0.25) is 0 Å². The van der Waals surface area contributed by atoms with E-state index in [1.807, 2.05) is 18.2 Å². The number of allylic oxidation sites excluding steroid dienone is 2. The van der Waals surface area contributed by atoms with Gasteiger partial charge in [0.1, 0.15) is 0 Å². The zero-order chi connectivity index (χ0) is 13.2. The van der Waals surface area contributed by atoms with Crippen molar-refractivity contribution in [1.82, 2.24) is 4.98 Å². The van der Waals surface area contributed by atoms with E-state index in [1.165, 1.54) is 0 Å². The van der Waals surface area contributed by atoms with Gasteiger partial charge in [-0.2, -0.15) is 5.26 Å². The molecule has 0 aliphatic heterocycles. The quantitative estimate of drug-likeness (QED) is 0.777. The predicted octanol–water partition coefficient (Wildman–Crippen LogP) is 2.92. The zero-order valence-electron chi connectivity index (χ0n) is 10.1. The molecule has 0 atom stereocenters. The molecule has 3 rings (SSSR count). The monoisotopic (exact) mass is 246 g/mol. The van der Waals surface area contributed by atoms with Crippen LogP contribution in [-0.4, -0.2) is 10.8 Å². The van der Waals surface area contributed by atoms with Crippen LogP contribution in [0.25, 0.3) is 11.1 Å². The maximum atomic E-state index is 11.8. The number of aromatic nitrogens is 1. The Bertz CT molecular complexity index is 721. The highest BCUT2D eigenvalue weighted by Crippen LogP contribution is 2.28. The van der Waals surface area contributed by atoms with Gasteiger partial charge in [0.2, 0.25) is 0 Å². The maximum Gasteiger partial charge on any atom is 0.187 e. The summed E-state index contributed by atoms with van der Waals surface area (Å²) in [4.78, 5) is 15.9. The molecule has 1 aliphatic rings. The second kappa shape index (κ2) is 4.51. The number of benzene rings is 1. The van der Waals surface area contributed by atoms with Crippen LogP contribution in [-0.2, 0) is 6.42 Å². The third kappa shape index (κ3) is 1.94. The SMILES string of the molecule is N#Cc1ccc(-c2cncc3c2CC=CC3=O)cc1. The summed E-state index contributed by atoms with van der Waals surface area (Å²) in [6.07, 6.45) is 7.59. The fraction of sp³-hybridized carbons (Fsp3) is 0.0625. The van der Waals surface area contributed by atoms with Gasteiger partial charge in [-0.05, 0) is 35.8 Å². The lowest BCUT2D eigenvalue weighted by atomic mass is 9.90. The third-order valence-corrected chi connectivity index (χ3v) is 3.24. The van der Waals surface area contributed by atoms with E-state index in [-0.39, 0.29) is 5.78 Å². The van der Waals surface area contributed by atoms with E-state index in [4.69, 9.17) is 5.26 Å². The fourth-order valence-corrected chi connectivity index (χ4v) is 2.27. The molecular weight excluding hydrogens is 236 g/mol. The van der Waals surface area contributed by atoms with Crippen LogP contribution in [0.3, 0.4) is 0 Å². The number of hydrogen-bond acceptors (Lipinski definition) is 3. The van der Waals surface area contributed by atoms with Gasteiger partial charge >= 0.3 is 0 Å². The molecule has 2 aromatic rings. The van der Waals surface area contributed by atoms with Gasteiger partial charge in [-0.1, -0.05) is 18.2 Å². The van der Waals surface area contributed by atoms with Crippen LogP contribution in [0.4, 0.5) is 0 Å². The van der Waals surface area contributed by atoms with Crippen molar-refractivity contribution < 1.29 is 4.79 Å². The minimum Gasteiger partial charge on any atom is -0.289 e. The molecule has 3 nitrogen and oxygen atoms in total. The Hall–Kier alpha value is -2.73. The van der Waals surface area contributed by atoms with E-state index < -0.39 is 0 Å². The molecule has 0 saturated carbocycles. The molecule has 0 unspecified atom stereocenters. The third-order valence-electron chi connectivity index (χ3n) is 3.24. The topological polar surface area (TPSA) is 53.8 Å². The van der Waals surface area contributed by atoms with Crippen LogP contribution in [0, 0.1) is 11.3 Å². The largest absolute Gasteiger partial charge is 0.289 e. The average Bonchev–Trinajstić information content (AvgIpc) is 2.47. The molecule has 1 aromatic heterocycles. The number of nitrogens with zero attached hydrogens (tertiary/aromatic N) is 2. The molecular formula is C16H10N2O. The molecule has 1 aliphatic carbocycles. The van der Waals surface area contributed by atoms with Crippen LogP contribution >= 0.6 is 0 Å². The molecule has 0 N–H and O–H groups in total. The van der Waals surface area contributed by atoms with Gasteiger partial charge in [0.15, 0.2) is 5.78 Å². The normalized spacial score (nSPS) is 12.9. The molecule has 0 fully saturated rings. The van der Waals surface area contributed by atoms with Gasteiger partial charge < -0.3 is 0 Å². The van der Waals surface area contributed by atoms with Crippen LogP contribution in [0.5, 0.6) is 0 Å². The fourth-order valence-electron chi connectivity index (χ4n) is 2.27. The molecule has 1 heterocycles. The first-order valence-corrected chi connectivity index (χ1v) is 5.98. The number of rotatable bonds is 1. The smallest absolute Gasteiger partial charge is 0.187 e. The van der Waals surface area contributed by atoms with E-state index in [9.17, 15) is 4.79 Å². The van der Waals surface area contributed by atoms with E-state index in [2.05, 4.69) is 11.1 Å². The number of pyridine rings is 1. The van der Waals surface area contributed by atoms with Crippen molar-refractivity contribution in [3.63, 3.8) is 0 Å². The Labute approximate surface area is 110 Å². The van der Waals surface area contributed by atoms with Crippen molar-refractivity contribution in [3.05, 3.63) is 65.5 Å². The van der Waals surface area contributed by atoms with Gasteiger partial charge in [-0.15, -0.1) is 0 Å². The average molecular weight is 246 g/mol. The molecule has 90 valence electrons. The summed E-state index contributed by atoms with van der Waals surface area (Å²) in [5, 5.41) is 8.81. The molecule has 0 radical (unpaired) electrons. The van der Waals surface area contributed by atoms with Crippen LogP contribution in [0.1, 0.15) is 21.5 Å². The van der Waals surface area contributed by atoms with Crippen molar-refractivity contribution in [2.24, 2.45) is 0 Å². The van der Waals surface area contributed by atoms with E-state index in [0.29, 0.717) is 11.1 Å². The zero-order valence-corrected chi connectivity index (χ0v) is 10.1. The molecule has 0 bridgehead atoms. The summed E-state index contributed by atoms with van der Waals surface area (Å²) in [7, 11) is 0. The van der Waals surface area contributed by atoms with Crippen LogP contribution in [0.15, 0.2) is 48.8 Å². The maximum absolute atomic E-state index is 11.8. The lowest BCUT2D eigenvalue weighted by Gasteiger charge is -2.14. The molecule has 3 heteroatoms. The molecule has 0 amide bonds. The summed E-state index contributed by atoms with van der Waals surface area (Å²) in [5.74, 6) is 0.00393. The number of ketones is 1. The molecule has 0 spiro atoms. The minimum atomic E-state index is 0.00393. The number of carbonyl (C=O) groups is 1. The Morgan fingerprint density at radius 3 is 2.58 bits per heavy atom. The van der Waals surface area contributed by atoms with Crippen LogP contribution < -0.4 is 0 Å². The second-order valence-electron chi connectivity index (χ2n) is 4.37. The van der Waals surface area contributed by atoms with Crippen molar-refractivity contribution in [1.29, 1.82) is 5.26 Å². The first-order valence-electron chi connectivity index (χ1n) is 5.98. The summed E-state index contributed by atoms with van der Waals surface area (Å²) < 4.78 is 0. The number of fused-ring (bicyclic) bond motifs is 1. The van der Waals surface area contributed by atoms with Gasteiger partial charge in [0, 0.05) is 23.5 Å². The van der Waals surface area contributed by atoms with Crippen molar-refractivity contribution in [3.8, 4) is 17.2 Å². The summed E-state index contributed by atoms with van der Waals surface area (Å²) >= 11 is 0. The van der Waals surface area contributed by atoms with E-state index >= 15 is 0 Å². The van der Waals surface area contributed by atoms with E-state index in [1.54, 1.807) is 30.6 Å². The standard InChI is InChI=1S/C16H10N2O/c17-8-11-4-6-12(7-5-11)14-9-18-10-15-13(14)2-1-3-16(15)19/h1,3-7,9-10H,2H2. The summed E-state index contributed by atoms with van der Waals surface area (Å²) in [6, 6.07) is 9.42. The predicted molar refractivity (Wildman–Crippen MR) is 71.6 cm³/mol. The Balaban J connectivity index is 2.14. The number of nitriles is 1. The lowest BCUT2D eigenvalue weighted by molar-refractivity contribution is 0.104. The molecule has 19 heavy (non-hydrogen) atoms. The highest BCUT2D eigenvalue weighted by Gasteiger charge is 2.17. The van der Waals surface area contributed by atoms with E-state index in [0.717, 1.165) is 23.1 Å². The lowest BCUT2D eigenvalue weighted by Crippen LogP contribution is -2.07. The first kappa shape index (κ1) is 11.4. The Morgan fingerprint density at radius 1 is 1.11 bits per heavy atom. The summed E-state index contributed by atoms with van der Waals surface area (Å²) in [6.45, 7) is 0. The number of hydrogen-bond donors (Lipinski definition) is 0. The van der Waals surface area contributed by atoms with Gasteiger partial charge in [0.25, 0.3) is 0 Å². The van der Waals surface area contributed by atoms with Gasteiger partial charge in [-0.25, -0.2) is 0 Å². The number of carbonyl (C=O) groups excluding carboxylic acids is 1. The van der Waals surface area contributed by atoms with Gasteiger partial charge in [-0.3, -0.25) is 9.78 Å². The van der Waals surface area contributed by atoms with Gasteiger partial charge in [0.05, 0.1) is 11.6 Å². The summed E-state index contributed by atoms with van der Waals surface area (Å²) in [5.41, 5.74) is 4.24. The molecule has 0 saturated heterocycles. The minimum absolute atomic E-state index is 0.00393. The Morgan fingerprint density at radius 2 is 1.84 bits per heavy atom. The highest BCUT2D eigenvalue weighted by molar-refractivity contribution is 6.07. The van der Waals surface area contributed by atoms with Crippen molar-refractivity contribution >= 4 is 5.78 Å². The highest BCUT2D eigenvalue weighted by atomic mass is 16.1.